The van der Waals surface area contributed by atoms with Crippen molar-refractivity contribution in [1.82, 2.24) is 25.0 Å². The minimum absolute atomic E-state index is 0.456. The number of benzene rings is 1. The number of allylic oxidation sites excluding steroid dienone is 1. The Morgan fingerprint density at radius 1 is 1.33 bits per heavy atom. The minimum Gasteiger partial charge on any atom is -0.495 e. The molecule has 136 valence electrons. The summed E-state index contributed by atoms with van der Waals surface area (Å²) in [6.07, 6.45) is 2.11. The van der Waals surface area contributed by atoms with Crippen LogP contribution in [0.3, 0.4) is 0 Å². The summed E-state index contributed by atoms with van der Waals surface area (Å²) in [5.41, 5.74) is 2.97. The van der Waals surface area contributed by atoms with Gasteiger partial charge in [0.2, 0.25) is 5.95 Å². The molecule has 0 unspecified atom stereocenters. The Morgan fingerprint density at radius 3 is 2.96 bits per heavy atom. The Hall–Kier alpha value is -2.95. The van der Waals surface area contributed by atoms with Gasteiger partial charge in [0.05, 0.1) is 29.8 Å². The molecule has 1 aliphatic rings. The molecule has 0 radical (unpaired) electrons. The highest BCUT2D eigenvalue weighted by Crippen LogP contribution is 2.31. The van der Waals surface area contributed by atoms with Crippen molar-refractivity contribution in [2.45, 2.75) is 6.42 Å². The molecule has 1 aromatic carbocycles. The number of nitrogens with one attached hydrogen (secondary N) is 2. The molecule has 2 heterocycles. The molecule has 0 bridgehead atoms. The summed E-state index contributed by atoms with van der Waals surface area (Å²) in [6.45, 7) is 0. The van der Waals surface area contributed by atoms with E-state index in [2.05, 4.69) is 37.4 Å². The van der Waals surface area contributed by atoms with Crippen molar-refractivity contribution < 1.29 is 4.74 Å². The Kier molecular flexibility index (Phi) is 4.52. The lowest BCUT2D eigenvalue weighted by molar-refractivity contribution is 0.415. The Balaban J connectivity index is 1.66. The van der Waals surface area contributed by atoms with Crippen molar-refractivity contribution in [3.63, 3.8) is 0 Å². The maximum Gasteiger partial charge on any atom is 0.225 e. The van der Waals surface area contributed by atoms with Crippen LogP contribution in [0.5, 0.6) is 5.75 Å². The lowest BCUT2D eigenvalue weighted by atomic mass is 10.2. The van der Waals surface area contributed by atoms with Crippen LogP contribution >= 0.6 is 23.2 Å². The van der Waals surface area contributed by atoms with Crippen LogP contribution < -0.4 is 10.1 Å². The highest BCUT2D eigenvalue weighted by molar-refractivity contribution is 6.49. The number of hydrogen-bond donors (Lipinski definition) is 2. The highest BCUT2D eigenvalue weighted by Gasteiger charge is 2.17. The molecular weight excluding hydrogens is 387 g/mol. The monoisotopic (exact) mass is 400 g/mol. The standard InChI is InChI=1S/C18H14Cl2N6O/c1-26-18(22-14-5-3-4-13-11(16(14)20)9-21-24-13)23-17(25-26)10-6-7-15(27-2)12(19)8-10/h6-9H,5H2,1-2H3,(H,21,24)(H,22,23,25). The molecule has 4 rings (SSSR count). The molecule has 7 nitrogen and oxygen atoms in total. The van der Waals surface area contributed by atoms with Crippen LogP contribution in [0.2, 0.25) is 5.02 Å². The second-order valence-corrected chi connectivity index (χ2v) is 6.57. The zero-order chi connectivity index (χ0) is 19.0. The van der Waals surface area contributed by atoms with Gasteiger partial charge in [0.15, 0.2) is 5.82 Å². The number of aromatic nitrogens is 5. The number of nitrogens with zero attached hydrogens (tertiary/aromatic N) is 4. The van der Waals surface area contributed by atoms with Gasteiger partial charge >= 0.3 is 0 Å². The second kappa shape index (κ2) is 6.99. The van der Waals surface area contributed by atoms with Crippen LogP contribution in [0.25, 0.3) is 16.4 Å². The van der Waals surface area contributed by atoms with Crippen LogP contribution in [0.15, 0.2) is 30.1 Å². The Morgan fingerprint density at radius 2 is 2.19 bits per heavy atom. The topological polar surface area (TPSA) is 80.6 Å². The fourth-order valence-corrected chi connectivity index (χ4v) is 3.18. The summed E-state index contributed by atoms with van der Waals surface area (Å²) in [5.74, 6) is 7.73. The van der Waals surface area contributed by atoms with Gasteiger partial charge in [-0.25, -0.2) is 4.68 Å². The lowest BCUT2D eigenvalue weighted by Gasteiger charge is -2.09. The third kappa shape index (κ3) is 3.25. The van der Waals surface area contributed by atoms with Gasteiger partial charge in [0.25, 0.3) is 0 Å². The maximum absolute atomic E-state index is 6.53. The van der Waals surface area contributed by atoms with Crippen molar-refractivity contribution in [2.24, 2.45) is 7.05 Å². The van der Waals surface area contributed by atoms with Gasteiger partial charge in [0, 0.05) is 23.9 Å². The van der Waals surface area contributed by atoms with Crippen LogP contribution in [0.4, 0.5) is 5.95 Å². The van der Waals surface area contributed by atoms with E-state index >= 15 is 0 Å². The van der Waals surface area contributed by atoms with Gasteiger partial charge in [-0.2, -0.15) is 10.1 Å². The first-order valence-corrected chi connectivity index (χ1v) is 8.75. The average molecular weight is 401 g/mol. The molecule has 0 saturated carbocycles. The molecular formula is C18H14Cl2N6O. The average Bonchev–Trinajstić information content (AvgIpc) is 3.24. The summed E-state index contributed by atoms with van der Waals surface area (Å²) >= 11 is 12.7. The largest absolute Gasteiger partial charge is 0.495 e. The summed E-state index contributed by atoms with van der Waals surface area (Å²) in [5, 5.41) is 15.5. The van der Waals surface area contributed by atoms with Gasteiger partial charge in [-0.05, 0) is 24.1 Å². The smallest absolute Gasteiger partial charge is 0.225 e. The van der Waals surface area contributed by atoms with E-state index < -0.39 is 0 Å². The van der Waals surface area contributed by atoms with Crippen molar-refractivity contribution >= 4 is 34.2 Å². The van der Waals surface area contributed by atoms with Crippen LogP contribution in [-0.4, -0.2) is 32.1 Å². The predicted octanol–water partition coefficient (Wildman–Crippen LogP) is 3.64. The lowest BCUT2D eigenvalue weighted by Crippen LogP contribution is -2.06. The van der Waals surface area contributed by atoms with Crippen molar-refractivity contribution in [1.29, 1.82) is 0 Å². The van der Waals surface area contributed by atoms with Crippen molar-refractivity contribution in [2.75, 3.05) is 12.4 Å². The second-order valence-electron chi connectivity index (χ2n) is 5.79. The molecule has 1 aliphatic carbocycles. The van der Waals surface area contributed by atoms with E-state index in [0.717, 1.165) is 16.8 Å². The van der Waals surface area contributed by atoms with Crippen LogP contribution in [-0.2, 0) is 7.05 Å². The molecule has 2 N–H and O–H groups in total. The number of anilines is 1. The van der Waals surface area contributed by atoms with Gasteiger partial charge in [-0.1, -0.05) is 29.1 Å². The zero-order valence-corrected chi connectivity index (χ0v) is 16.0. The molecule has 3 aromatic rings. The third-order valence-electron chi connectivity index (χ3n) is 4.06. The molecule has 27 heavy (non-hydrogen) atoms. The van der Waals surface area contributed by atoms with E-state index in [0.29, 0.717) is 39.7 Å². The number of aromatic amines is 1. The number of halogens is 2. The number of aryl methyl sites for hydroxylation is 1. The van der Waals surface area contributed by atoms with E-state index in [-0.39, 0.29) is 0 Å². The fraction of sp³-hybridized carbons (Fsp3) is 0.167. The molecule has 0 spiro atoms. The Bertz CT molecular complexity index is 1120. The van der Waals surface area contributed by atoms with E-state index in [4.69, 9.17) is 27.9 Å². The minimum atomic E-state index is 0.456. The third-order valence-corrected chi connectivity index (χ3v) is 4.78. The number of methoxy groups -OCH3 is 1. The number of H-pyrrole nitrogens is 1. The molecule has 9 heteroatoms. The molecule has 2 aromatic heterocycles. The zero-order valence-electron chi connectivity index (χ0n) is 14.5. The molecule has 0 aliphatic heterocycles. The highest BCUT2D eigenvalue weighted by atomic mass is 35.5. The SMILES string of the molecule is COc1ccc(-c2nc(NC3=C(Cl)c4cn[nH]c4C#CC3)n(C)n2)cc1Cl. The van der Waals surface area contributed by atoms with Gasteiger partial charge in [-0.15, -0.1) is 5.10 Å². The summed E-state index contributed by atoms with van der Waals surface area (Å²) in [7, 11) is 3.37. The van der Waals surface area contributed by atoms with Gasteiger partial charge in [0.1, 0.15) is 11.4 Å². The normalized spacial score (nSPS) is 12.9. The number of rotatable bonds is 4. The molecule has 0 atom stereocenters. The van der Waals surface area contributed by atoms with E-state index in [1.807, 2.05) is 6.07 Å². The van der Waals surface area contributed by atoms with Gasteiger partial charge < -0.3 is 10.1 Å². The number of fused-ring (bicyclic) bond motifs is 1. The van der Waals surface area contributed by atoms with E-state index in [1.165, 1.54) is 0 Å². The summed E-state index contributed by atoms with van der Waals surface area (Å²) in [4.78, 5) is 4.56. The number of hydrogen-bond acceptors (Lipinski definition) is 5. The summed E-state index contributed by atoms with van der Waals surface area (Å²) in [6, 6.07) is 5.40. The summed E-state index contributed by atoms with van der Waals surface area (Å²) < 4.78 is 6.82. The van der Waals surface area contributed by atoms with Crippen molar-refractivity contribution in [3.05, 3.63) is 46.4 Å². The predicted molar refractivity (Wildman–Crippen MR) is 104 cm³/mol. The molecule has 0 fully saturated rings. The quantitative estimate of drug-likeness (QED) is 0.653. The molecule has 0 amide bonds. The first-order chi connectivity index (χ1) is 13.1. The molecule has 0 saturated heterocycles. The van der Waals surface area contributed by atoms with Crippen molar-refractivity contribution in [3.8, 4) is 29.0 Å². The maximum atomic E-state index is 6.53. The first kappa shape index (κ1) is 17.5. The van der Waals surface area contributed by atoms with E-state index in [9.17, 15) is 0 Å². The number of ether oxygens (including phenoxy) is 1. The van der Waals surface area contributed by atoms with E-state index in [1.54, 1.807) is 37.2 Å². The van der Waals surface area contributed by atoms with Crippen LogP contribution in [0, 0.1) is 11.8 Å². The van der Waals surface area contributed by atoms with Gasteiger partial charge in [-0.3, -0.25) is 5.10 Å². The van der Waals surface area contributed by atoms with Crippen LogP contribution in [0.1, 0.15) is 17.7 Å². The fourth-order valence-electron chi connectivity index (χ4n) is 2.66. The first-order valence-electron chi connectivity index (χ1n) is 8.00. The Labute approximate surface area is 165 Å².